The zero-order valence-electron chi connectivity index (χ0n) is 18.6. The van der Waals surface area contributed by atoms with Crippen LogP contribution in [0.5, 0.6) is 5.75 Å². The molecule has 2 aromatic heterocycles. The highest BCUT2D eigenvalue weighted by atomic mass is 32.1. The lowest BCUT2D eigenvalue weighted by molar-refractivity contribution is -0.119. The van der Waals surface area contributed by atoms with Gasteiger partial charge in [-0.05, 0) is 67.1 Å². The van der Waals surface area contributed by atoms with Gasteiger partial charge < -0.3 is 9.64 Å². The fourth-order valence-electron chi connectivity index (χ4n) is 4.24. The Kier molecular flexibility index (Phi) is 5.17. The van der Waals surface area contributed by atoms with E-state index in [0.29, 0.717) is 40.5 Å². The number of anilines is 1. The van der Waals surface area contributed by atoms with Crippen LogP contribution in [0.25, 0.3) is 15.9 Å². The van der Waals surface area contributed by atoms with Crippen molar-refractivity contribution in [2.75, 3.05) is 18.1 Å². The minimum atomic E-state index is -0.523. The standard InChI is InChI=1S/C25H23N3O4S/c1-15-7-8-21-20(13-15)26(10-11-32-21)22(29)14-27-19-9-12-33-23(19)24(30)28(25(27)31)18-6-4-5-16(2)17(18)3/h4-9,12-13H,10-11,14H2,1-3H3. The van der Waals surface area contributed by atoms with Gasteiger partial charge >= 0.3 is 5.69 Å². The predicted octanol–water partition coefficient (Wildman–Crippen LogP) is 3.56. The van der Waals surface area contributed by atoms with E-state index in [1.165, 1.54) is 20.5 Å². The summed E-state index contributed by atoms with van der Waals surface area (Å²) >= 11 is 1.27. The van der Waals surface area contributed by atoms with Gasteiger partial charge in [-0.2, -0.15) is 0 Å². The second-order valence-electron chi connectivity index (χ2n) is 8.23. The predicted molar refractivity (Wildman–Crippen MR) is 130 cm³/mol. The van der Waals surface area contributed by atoms with E-state index < -0.39 is 5.69 Å². The number of rotatable bonds is 3. The van der Waals surface area contributed by atoms with Crippen LogP contribution in [0.3, 0.4) is 0 Å². The summed E-state index contributed by atoms with van der Waals surface area (Å²) in [4.78, 5) is 42.0. The average Bonchev–Trinajstić information content (AvgIpc) is 3.29. The second-order valence-corrected chi connectivity index (χ2v) is 9.14. The molecule has 0 spiro atoms. The molecule has 1 aliphatic rings. The summed E-state index contributed by atoms with van der Waals surface area (Å²) < 4.78 is 8.74. The first-order valence-corrected chi connectivity index (χ1v) is 11.6. The quantitative estimate of drug-likeness (QED) is 0.468. The van der Waals surface area contributed by atoms with E-state index in [0.717, 1.165) is 16.7 Å². The SMILES string of the molecule is Cc1ccc2c(c1)N(C(=O)Cn1c(=O)n(-c3cccc(C)c3C)c(=O)c3sccc31)CCO2. The van der Waals surface area contributed by atoms with Crippen molar-refractivity contribution in [3.05, 3.63) is 85.4 Å². The second kappa shape index (κ2) is 8.04. The van der Waals surface area contributed by atoms with Crippen molar-refractivity contribution >= 4 is 33.1 Å². The number of aromatic nitrogens is 2. The van der Waals surface area contributed by atoms with Crippen LogP contribution in [-0.2, 0) is 11.3 Å². The highest BCUT2D eigenvalue weighted by molar-refractivity contribution is 7.17. The maximum Gasteiger partial charge on any atom is 0.336 e. The smallest absolute Gasteiger partial charge is 0.336 e. The molecule has 168 valence electrons. The molecule has 0 atom stereocenters. The zero-order chi connectivity index (χ0) is 23.3. The molecule has 0 radical (unpaired) electrons. The number of hydrogen-bond donors (Lipinski definition) is 0. The van der Waals surface area contributed by atoms with Crippen LogP contribution in [0.15, 0.2) is 57.4 Å². The molecular weight excluding hydrogens is 438 g/mol. The van der Waals surface area contributed by atoms with Crippen LogP contribution in [0.1, 0.15) is 16.7 Å². The van der Waals surface area contributed by atoms with E-state index in [4.69, 9.17) is 4.74 Å². The van der Waals surface area contributed by atoms with Crippen LogP contribution in [0.4, 0.5) is 5.69 Å². The zero-order valence-corrected chi connectivity index (χ0v) is 19.4. The number of amides is 1. The van der Waals surface area contributed by atoms with E-state index >= 15 is 0 Å². The molecule has 0 aliphatic carbocycles. The van der Waals surface area contributed by atoms with Gasteiger partial charge in [0.2, 0.25) is 5.91 Å². The van der Waals surface area contributed by atoms with Gasteiger partial charge in [0, 0.05) is 0 Å². The number of carbonyl (C=O) groups is 1. The first-order valence-electron chi connectivity index (χ1n) is 10.7. The normalized spacial score (nSPS) is 13.1. The Morgan fingerprint density at radius 2 is 1.88 bits per heavy atom. The third kappa shape index (κ3) is 3.47. The molecule has 2 aromatic carbocycles. The first-order chi connectivity index (χ1) is 15.9. The molecule has 33 heavy (non-hydrogen) atoms. The Hall–Kier alpha value is -3.65. The number of thiophene rings is 1. The van der Waals surface area contributed by atoms with Gasteiger partial charge in [0.05, 0.1) is 23.4 Å². The highest BCUT2D eigenvalue weighted by Gasteiger charge is 2.26. The van der Waals surface area contributed by atoms with Crippen LogP contribution in [0, 0.1) is 20.8 Å². The topological polar surface area (TPSA) is 73.5 Å². The van der Waals surface area contributed by atoms with Gasteiger partial charge in [-0.25, -0.2) is 9.36 Å². The maximum atomic E-state index is 13.6. The molecule has 3 heterocycles. The number of carbonyl (C=O) groups excluding carboxylic acids is 1. The molecule has 0 N–H and O–H groups in total. The molecule has 0 saturated carbocycles. The van der Waals surface area contributed by atoms with E-state index in [1.807, 2.05) is 51.1 Å². The Morgan fingerprint density at radius 3 is 2.70 bits per heavy atom. The van der Waals surface area contributed by atoms with Gasteiger partial charge in [-0.15, -0.1) is 11.3 Å². The lowest BCUT2D eigenvalue weighted by Crippen LogP contribution is -2.44. The van der Waals surface area contributed by atoms with Gasteiger partial charge in [0.15, 0.2) is 0 Å². The number of aryl methyl sites for hydroxylation is 2. The molecule has 1 aliphatic heterocycles. The molecule has 1 amide bonds. The lowest BCUT2D eigenvalue weighted by atomic mass is 10.1. The third-order valence-corrected chi connectivity index (χ3v) is 7.04. The van der Waals surface area contributed by atoms with Gasteiger partial charge in [-0.1, -0.05) is 18.2 Å². The summed E-state index contributed by atoms with van der Waals surface area (Å²) in [5, 5.41) is 1.77. The van der Waals surface area contributed by atoms with Crippen molar-refractivity contribution in [1.82, 2.24) is 9.13 Å². The lowest BCUT2D eigenvalue weighted by Gasteiger charge is -2.30. The summed E-state index contributed by atoms with van der Waals surface area (Å²) in [6, 6.07) is 12.9. The monoisotopic (exact) mass is 461 g/mol. The number of nitrogens with zero attached hydrogens (tertiary/aromatic N) is 3. The first kappa shape index (κ1) is 21.2. The van der Waals surface area contributed by atoms with Crippen LogP contribution >= 0.6 is 11.3 Å². The summed E-state index contributed by atoms with van der Waals surface area (Å²) in [5.41, 5.74) is 3.66. The van der Waals surface area contributed by atoms with Gasteiger partial charge in [-0.3, -0.25) is 14.2 Å². The largest absolute Gasteiger partial charge is 0.490 e. The Labute approximate surface area is 194 Å². The summed E-state index contributed by atoms with van der Waals surface area (Å²) in [6.07, 6.45) is 0. The van der Waals surface area contributed by atoms with Crippen LogP contribution < -0.4 is 20.9 Å². The minimum absolute atomic E-state index is 0.176. The van der Waals surface area contributed by atoms with Gasteiger partial charge in [0.1, 0.15) is 23.6 Å². The molecule has 4 aromatic rings. The number of fused-ring (bicyclic) bond motifs is 2. The van der Waals surface area contributed by atoms with Crippen molar-refractivity contribution < 1.29 is 9.53 Å². The highest BCUT2D eigenvalue weighted by Crippen LogP contribution is 2.32. The Morgan fingerprint density at radius 1 is 1.06 bits per heavy atom. The molecule has 0 saturated heterocycles. The maximum absolute atomic E-state index is 13.6. The molecule has 7 nitrogen and oxygen atoms in total. The van der Waals surface area contributed by atoms with Gasteiger partial charge in [0.25, 0.3) is 5.56 Å². The Balaban J connectivity index is 1.65. The number of hydrogen-bond acceptors (Lipinski definition) is 5. The molecule has 0 fully saturated rings. The third-order valence-electron chi connectivity index (χ3n) is 6.14. The van der Waals surface area contributed by atoms with E-state index in [1.54, 1.807) is 22.4 Å². The van der Waals surface area contributed by atoms with Crippen LogP contribution in [-0.4, -0.2) is 28.2 Å². The molecular formula is C25H23N3O4S. The summed E-state index contributed by atoms with van der Waals surface area (Å²) in [6.45, 7) is 6.38. The fraction of sp³-hybridized carbons (Fsp3) is 0.240. The van der Waals surface area contributed by atoms with Crippen molar-refractivity contribution in [2.45, 2.75) is 27.3 Å². The molecule has 0 bridgehead atoms. The molecule has 5 rings (SSSR count). The van der Waals surface area contributed by atoms with Crippen molar-refractivity contribution in [1.29, 1.82) is 0 Å². The van der Waals surface area contributed by atoms with E-state index in [9.17, 15) is 14.4 Å². The van der Waals surface area contributed by atoms with Crippen molar-refractivity contribution in [2.24, 2.45) is 0 Å². The number of ether oxygens (including phenoxy) is 1. The van der Waals surface area contributed by atoms with E-state index in [2.05, 4.69) is 0 Å². The van der Waals surface area contributed by atoms with Crippen molar-refractivity contribution in [3.63, 3.8) is 0 Å². The van der Waals surface area contributed by atoms with E-state index in [-0.39, 0.29) is 18.0 Å². The average molecular weight is 462 g/mol. The molecule has 0 unspecified atom stereocenters. The molecule has 8 heteroatoms. The minimum Gasteiger partial charge on any atom is -0.490 e. The Bertz CT molecular complexity index is 1530. The van der Waals surface area contributed by atoms with Crippen LogP contribution in [0.2, 0.25) is 0 Å². The number of benzene rings is 2. The summed E-state index contributed by atoms with van der Waals surface area (Å²) in [7, 11) is 0. The van der Waals surface area contributed by atoms with Crippen molar-refractivity contribution in [3.8, 4) is 11.4 Å². The summed E-state index contributed by atoms with van der Waals surface area (Å²) in [5.74, 6) is 0.416. The fourth-order valence-corrected chi connectivity index (χ4v) is 5.06.